The predicted octanol–water partition coefficient (Wildman–Crippen LogP) is 2.07. The van der Waals surface area contributed by atoms with Gasteiger partial charge in [0.1, 0.15) is 0 Å². The van der Waals surface area contributed by atoms with Gasteiger partial charge in [0.25, 0.3) is 5.91 Å². The van der Waals surface area contributed by atoms with E-state index in [0.29, 0.717) is 11.5 Å². The lowest BCUT2D eigenvalue weighted by Gasteiger charge is -2.11. The van der Waals surface area contributed by atoms with Crippen molar-refractivity contribution in [2.75, 3.05) is 14.2 Å². The summed E-state index contributed by atoms with van der Waals surface area (Å²) >= 11 is 0. The smallest absolute Gasteiger partial charge is 0.251 e. The van der Waals surface area contributed by atoms with E-state index < -0.39 is 10.0 Å². The number of amides is 1. The lowest BCUT2D eigenvalue weighted by Crippen LogP contribution is -2.27. The summed E-state index contributed by atoms with van der Waals surface area (Å²) < 4.78 is 37.6. The fraction of sp³-hybridized carbons (Fsp3) is 0.316. The predicted molar refractivity (Wildman–Crippen MR) is 101 cm³/mol. The van der Waals surface area contributed by atoms with Gasteiger partial charge in [-0.2, -0.15) is 0 Å². The molecule has 7 nitrogen and oxygen atoms in total. The Balaban J connectivity index is 1.68. The molecule has 1 saturated carbocycles. The molecule has 0 atom stereocenters. The summed E-state index contributed by atoms with van der Waals surface area (Å²) in [7, 11) is -0.500. The summed E-state index contributed by atoms with van der Waals surface area (Å²) in [6.07, 6.45) is 1.70. The average molecular weight is 390 g/mol. The van der Waals surface area contributed by atoms with Gasteiger partial charge in [-0.15, -0.1) is 0 Å². The van der Waals surface area contributed by atoms with E-state index in [0.717, 1.165) is 18.4 Å². The Morgan fingerprint density at radius 2 is 1.81 bits per heavy atom. The molecular weight excluding hydrogens is 368 g/mol. The molecule has 1 aliphatic rings. The van der Waals surface area contributed by atoms with Crippen molar-refractivity contribution in [2.45, 2.75) is 30.3 Å². The first-order valence-corrected chi connectivity index (χ1v) is 10.0. The van der Waals surface area contributed by atoms with Gasteiger partial charge in [0.15, 0.2) is 11.5 Å². The standard InChI is InChI=1S/C19H22N2O5S/c1-25-17-9-6-13(10-18(17)26-2)12-20-19(22)14-4-3-5-16(11-14)27(23,24)21-15-7-8-15/h3-6,9-11,15,21H,7-8,12H2,1-2H3,(H,20,22). The first-order valence-electron chi connectivity index (χ1n) is 8.54. The molecule has 0 unspecified atom stereocenters. The van der Waals surface area contributed by atoms with E-state index in [1.165, 1.54) is 12.1 Å². The molecule has 0 spiro atoms. The lowest BCUT2D eigenvalue weighted by atomic mass is 10.1. The number of carbonyl (C=O) groups excluding carboxylic acids is 1. The highest BCUT2D eigenvalue weighted by Crippen LogP contribution is 2.27. The van der Waals surface area contributed by atoms with Crippen LogP contribution in [0.15, 0.2) is 47.4 Å². The molecule has 3 rings (SSSR count). The van der Waals surface area contributed by atoms with Gasteiger partial charge in [0, 0.05) is 18.2 Å². The molecule has 0 aliphatic heterocycles. The van der Waals surface area contributed by atoms with Crippen LogP contribution < -0.4 is 19.5 Å². The highest BCUT2D eigenvalue weighted by Gasteiger charge is 2.28. The topological polar surface area (TPSA) is 93.7 Å². The van der Waals surface area contributed by atoms with Crippen LogP contribution in [0.4, 0.5) is 0 Å². The van der Waals surface area contributed by atoms with Crippen molar-refractivity contribution >= 4 is 15.9 Å². The van der Waals surface area contributed by atoms with Gasteiger partial charge in [-0.1, -0.05) is 12.1 Å². The van der Waals surface area contributed by atoms with Gasteiger partial charge < -0.3 is 14.8 Å². The first kappa shape index (κ1) is 19.2. The number of hydrogen-bond donors (Lipinski definition) is 2. The van der Waals surface area contributed by atoms with Crippen LogP contribution in [0.5, 0.6) is 11.5 Å². The van der Waals surface area contributed by atoms with Gasteiger partial charge in [-0.3, -0.25) is 4.79 Å². The van der Waals surface area contributed by atoms with Gasteiger partial charge in [-0.25, -0.2) is 13.1 Å². The van der Waals surface area contributed by atoms with Crippen LogP contribution in [0, 0.1) is 0 Å². The molecule has 8 heteroatoms. The van der Waals surface area contributed by atoms with E-state index >= 15 is 0 Å². The zero-order valence-corrected chi connectivity index (χ0v) is 16.0. The van der Waals surface area contributed by atoms with Gasteiger partial charge in [0.2, 0.25) is 10.0 Å². The SMILES string of the molecule is COc1ccc(CNC(=O)c2cccc(S(=O)(=O)NC3CC3)c2)cc1OC. The molecule has 0 saturated heterocycles. The second kappa shape index (κ2) is 7.98. The van der Waals surface area contributed by atoms with Gasteiger partial charge in [-0.05, 0) is 48.7 Å². The normalized spacial score (nSPS) is 13.9. The van der Waals surface area contributed by atoms with E-state index in [-0.39, 0.29) is 29.0 Å². The second-order valence-corrected chi connectivity index (χ2v) is 8.01. The van der Waals surface area contributed by atoms with Crippen molar-refractivity contribution in [3.05, 3.63) is 53.6 Å². The molecular formula is C19H22N2O5S. The summed E-state index contributed by atoms with van der Waals surface area (Å²) in [5.41, 5.74) is 1.12. The van der Waals surface area contributed by atoms with Crippen molar-refractivity contribution in [2.24, 2.45) is 0 Å². The third kappa shape index (κ3) is 4.78. The number of ether oxygens (including phenoxy) is 2. The summed E-state index contributed by atoms with van der Waals surface area (Å²) in [5, 5.41) is 2.79. The molecule has 2 aromatic rings. The van der Waals surface area contributed by atoms with Crippen molar-refractivity contribution < 1.29 is 22.7 Å². The lowest BCUT2D eigenvalue weighted by molar-refractivity contribution is 0.0950. The Labute approximate surface area is 158 Å². The Morgan fingerprint density at radius 3 is 2.48 bits per heavy atom. The van der Waals surface area contributed by atoms with Gasteiger partial charge in [0.05, 0.1) is 19.1 Å². The molecule has 2 aromatic carbocycles. The Bertz CT molecular complexity index is 939. The first-order chi connectivity index (χ1) is 12.9. The van der Waals surface area contributed by atoms with Crippen LogP contribution >= 0.6 is 0 Å². The highest BCUT2D eigenvalue weighted by atomic mass is 32.2. The number of benzene rings is 2. The van der Waals surface area contributed by atoms with Crippen LogP contribution in [0.1, 0.15) is 28.8 Å². The van der Waals surface area contributed by atoms with Crippen molar-refractivity contribution in [1.82, 2.24) is 10.0 Å². The summed E-state index contributed by atoms with van der Waals surface area (Å²) in [6, 6.07) is 11.4. The third-order valence-corrected chi connectivity index (χ3v) is 5.72. The molecule has 0 aromatic heterocycles. The summed E-state index contributed by atoms with van der Waals surface area (Å²) in [4.78, 5) is 12.5. The molecule has 1 fully saturated rings. The number of nitrogens with one attached hydrogen (secondary N) is 2. The molecule has 0 heterocycles. The number of methoxy groups -OCH3 is 2. The fourth-order valence-electron chi connectivity index (χ4n) is 2.57. The van der Waals surface area contributed by atoms with Crippen LogP contribution in [0.25, 0.3) is 0 Å². The molecule has 1 aliphatic carbocycles. The van der Waals surface area contributed by atoms with Crippen molar-refractivity contribution in [1.29, 1.82) is 0 Å². The second-order valence-electron chi connectivity index (χ2n) is 6.30. The van der Waals surface area contributed by atoms with E-state index in [9.17, 15) is 13.2 Å². The molecule has 1 amide bonds. The van der Waals surface area contributed by atoms with Crippen molar-refractivity contribution in [3.8, 4) is 11.5 Å². The number of hydrogen-bond acceptors (Lipinski definition) is 5. The minimum Gasteiger partial charge on any atom is -0.493 e. The largest absolute Gasteiger partial charge is 0.493 e. The van der Waals surface area contributed by atoms with Crippen LogP contribution in [0.3, 0.4) is 0 Å². The van der Waals surface area contributed by atoms with Crippen LogP contribution in [-0.2, 0) is 16.6 Å². The highest BCUT2D eigenvalue weighted by molar-refractivity contribution is 7.89. The minimum atomic E-state index is -3.60. The van der Waals surface area contributed by atoms with Crippen LogP contribution in [0.2, 0.25) is 0 Å². The Morgan fingerprint density at radius 1 is 1.07 bits per heavy atom. The molecule has 2 N–H and O–H groups in total. The third-order valence-electron chi connectivity index (χ3n) is 4.21. The number of rotatable bonds is 8. The quantitative estimate of drug-likeness (QED) is 0.720. The molecule has 0 radical (unpaired) electrons. The van der Waals surface area contributed by atoms with Gasteiger partial charge >= 0.3 is 0 Å². The van der Waals surface area contributed by atoms with E-state index in [2.05, 4.69) is 10.0 Å². The zero-order valence-electron chi connectivity index (χ0n) is 15.2. The summed E-state index contributed by atoms with van der Waals surface area (Å²) in [5.74, 6) is 0.824. The molecule has 0 bridgehead atoms. The molecule has 144 valence electrons. The maximum atomic E-state index is 12.4. The maximum Gasteiger partial charge on any atom is 0.251 e. The van der Waals surface area contributed by atoms with Crippen LogP contribution in [-0.4, -0.2) is 34.6 Å². The Kier molecular flexibility index (Phi) is 5.67. The summed E-state index contributed by atoms with van der Waals surface area (Å²) in [6.45, 7) is 0.274. The number of carbonyl (C=O) groups is 1. The van der Waals surface area contributed by atoms with E-state index in [1.54, 1.807) is 38.5 Å². The van der Waals surface area contributed by atoms with Crippen molar-refractivity contribution in [3.63, 3.8) is 0 Å². The Hall–Kier alpha value is -2.58. The number of sulfonamides is 1. The van der Waals surface area contributed by atoms with E-state index in [4.69, 9.17) is 9.47 Å². The maximum absolute atomic E-state index is 12.4. The molecule has 27 heavy (non-hydrogen) atoms. The average Bonchev–Trinajstić information content (AvgIpc) is 3.49. The van der Waals surface area contributed by atoms with E-state index in [1.807, 2.05) is 6.07 Å². The zero-order chi connectivity index (χ0) is 19.4. The fourth-order valence-corrected chi connectivity index (χ4v) is 3.92. The minimum absolute atomic E-state index is 0.0116. The monoisotopic (exact) mass is 390 g/mol.